The second-order valence-corrected chi connectivity index (χ2v) is 7.42. The average Bonchev–Trinajstić information content (AvgIpc) is 2.82. The van der Waals surface area contributed by atoms with E-state index in [-0.39, 0.29) is 0 Å². The van der Waals surface area contributed by atoms with Gasteiger partial charge in [-0.3, -0.25) is 4.79 Å². The van der Waals surface area contributed by atoms with E-state index < -0.39 is 17.5 Å². The lowest BCUT2D eigenvalue weighted by Crippen LogP contribution is -2.48. The monoisotopic (exact) mass is 467 g/mol. The Balaban J connectivity index is 2.08. The normalized spacial score (nSPS) is 11.0. The number of nitrogens with zero attached hydrogens (tertiary/aromatic N) is 1. The lowest BCUT2D eigenvalue weighted by molar-refractivity contribution is -0.133. The van der Waals surface area contributed by atoms with Crippen LogP contribution >= 0.6 is 15.9 Å². The summed E-state index contributed by atoms with van der Waals surface area (Å²) in [4.78, 5) is 27.0. The van der Waals surface area contributed by atoms with Gasteiger partial charge in [0.15, 0.2) is 5.60 Å². The number of halogens is 1. The number of alkyl halides is 1. The van der Waals surface area contributed by atoms with Crippen LogP contribution in [0.15, 0.2) is 84.9 Å². The number of carbonyl (C=O) groups excluding carboxylic acids is 2. The van der Waals surface area contributed by atoms with Gasteiger partial charge in [0.2, 0.25) is 0 Å². The highest BCUT2D eigenvalue weighted by Gasteiger charge is 2.43. The van der Waals surface area contributed by atoms with E-state index in [1.165, 1.54) is 12.0 Å². The third kappa shape index (κ3) is 4.30. The van der Waals surface area contributed by atoms with E-state index >= 15 is 0 Å². The van der Waals surface area contributed by atoms with Crippen molar-refractivity contribution in [2.45, 2.75) is 5.60 Å². The first-order chi connectivity index (χ1) is 14.5. The van der Waals surface area contributed by atoms with Crippen molar-refractivity contribution in [1.82, 2.24) is 0 Å². The summed E-state index contributed by atoms with van der Waals surface area (Å²) >= 11 is 3.39. The van der Waals surface area contributed by atoms with Crippen LogP contribution in [0.4, 0.5) is 5.69 Å². The van der Waals surface area contributed by atoms with Crippen LogP contribution in [0.5, 0.6) is 0 Å². The van der Waals surface area contributed by atoms with E-state index in [0.29, 0.717) is 34.3 Å². The van der Waals surface area contributed by atoms with Crippen LogP contribution in [0.1, 0.15) is 21.5 Å². The van der Waals surface area contributed by atoms with Crippen molar-refractivity contribution in [1.29, 1.82) is 0 Å². The third-order valence-corrected chi connectivity index (χ3v) is 5.20. The molecule has 5 nitrogen and oxygen atoms in total. The molecule has 0 aromatic heterocycles. The Labute approximate surface area is 184 Å². The quantitative estimate of drug-likeness (QED) is 0.418. The van der Waals surface area contributed by atoms with Crippen LogP contribution in [-0.4, -0.2) is 36.0 Å². The molecule has 3 aromatic carbocycles. The van der Waals surface area contributed by atoms with Crippen LogP contribution in [0.25, 0.3) is 0 Å². The molecule has 0 radical (unpaired) electrons. The maximum absolute atomic E-state index is 13.8. The number of hydrogen-bond acceptors (Lipinski definition) is 4. The zero-order chi connectivity index (χ0) is 21.6. The van der Waals surface area contributed by atoms with Crippen molar-refractivity contribution < 1.29 is 19.4 Å². The fourth-order valence-electron chi connectivity index (χ4n) is 3.30. The molecule has 154 valence electrons. The van der Waals surface area contributed by atoms with E-state index in [9.17, 15) is 14.7 Å². The second-order valence-electron chi connectivity index (χ2n) is 6.63. The predicted molar refractivity (Wildman–Crippen MR) is 120 cm³/mol. The molecule has 0 aliphatic carbocycles. The van der Waals surface area contributed by atoms with Crippen LogP contribution in [0.3, 0.4) is 0 Å². The number of carbonyl (C=O) groups is 2. The highest BCUT2D eigenvalue weighted by atomic mass is 79.9. The number of amides is 1. The van der Waals surface area contributed by atoms with Crippen LogP contribution in [0.2, 0.25) is 0 Å². The van der Waals surface area contributed by atoms with E-state index in [1.54, 1.807) is 72.8 Å². The molecule has 3 aromatic rings. The summed E-state index contributed by atoms with van der Waals surface area (Å²) in [5.74, 6) is -0.935. The molecule has 0 bridgehead atoms. The Morgan fingerprint density at radius 3 is 1.83 bits per heavy atom. The van der Waals surface area contributed by atoms with Gasteiger partial charge in [0.25, 0.3) is 5.91 Å². The third-order valence-electron chi connectivity index (χ3n) is 4.85. The van der Waals surface area contributed by atoms with E-state index in [0.717, 1.165) is 0 Å². The number of benzene rings is 3. The Morgan fingerprint density at radius 2 is 1.40 bits per heavy atom. The number of aliphatic hydroxyl groups is 1. The second kappa shape index (κ2) is 9.69. The molecule has 30 heavy (non-hydrogen) atoms. The van der Waals surface area contributed by atoms with Crippen LogP contribution in [-0.2, 0) is 15.1 Å². The Kier molecular flexibility index (Phi) is 7.03. The molecule has 0 fully saturated rings. The standard InChI is InChI=1S/C24H22BrNO4/c1-30-22(27)18-12-14-21(15-13-18)26(17-16-25)23(28)24(29,19-8-4-2-5-9-19)20-10-6-3-7-11-20/h2-15,29H,16-17H2,1H3. The van der Waals surface area contributed by atoms with E-state index in [4.69, 9.17) is 4.74 Å². The molecular formula is C24H22BrNO4. The number of hydrogen-bond donors (Lipinski definition) is 1. The van der Waals surface area contributed by atoms with Crippen molar-refractivity contribution in [3.63, 3.8) is 0 Å². The number of anilines is 1. The summed E-state index contributed by atoms with van der Waals surface area (Å²) in [5.41, 5.74) is 0.0382. The summed E-state index contributed by atoms with van der Waals surface area (Å²) in [6, 6.07) is 24.3. The first kappa shape index (κ1) is 21.7. The zero-order valence-electron chi connectivity index (χ0n) is 16.5. The summed E-state index contributed by atoms with van der Waals surface area (Å²) in [6.07, 6.45) is 0. The maximum atomic E-state index is 13.8. The molecule has 0 spiro atoms. The number of ether oxygens (including phenoxy) is 1. The lowest BCUT2D eigenvalue weighted by Gasteiger charge is -2.34. The van der Waals surface area contributed by atoms with Crippen molar-refractivity contribution in [2.75, 3.05) is 23.9 Å². The number of rotatable bonds is 7. The van der Waals surface area contributed by atoms with Crippen LogP contribution < -0.4 is 4.90 Å². The molecule has 3 rings (SSSR count). The van der Waals surface area contributed by atoms with Crippen molar-refractivity contribution in [2.24, 2.45) is 0 Å². The average molecular weight is 468 g/mol. The van der Waals surface area contributed by atoms with Gasteiger partial charge in [-0.05, 0) is 35.4 Å². The molecule has 0 saturated carbocycles. The van der Waals surface area contributed by atoms with E-state index in [1.807, 2.05) is 12.1 Å². The van der Waals surface area contributed by atoms with E-state index in [2.05, 4.69) is 15.9 Å². The van der Waals surface area contributed by atoms with Gasteiger partial charge in [0.05, 0.1) is 12.7 Å². The summed E-state index contributed by atoms with van der Waals surface area (Å²) in [5, 5.41) is 12.3. The zero-order valence-corrected chi connectivity index (χ0v) is 18.1. The largest absolute Gasteiger partial charge is 0.465 e. The molecule has 0 unspecified atom stereocenters. The fraction of sp³-hybridized carbons (Fsp3) is 0.167. The minimum atomic E-state index is -1.87. The van der Waals surface area contributed by atoms with Gasteiger partial charge in [0.1, 0.15) is 0 Å². The topological polar surface area (TPSA) is 66.8 Å². The molecule has 0 atom stereocenters. The van der Waals surface area contributed by atoms with Crippen LogP contribution in [0, 0.1) is 0 Å². The predicted octanol–water partition coefficient (Wildman–Crippen LogP) is 4.14. The summed E-state index contributed by atoms with van der Waals surface area (Å²) < 4.78 is 4.73. The van der Waals surface area contributed by atoms with Gasteiger partial charge in [-0.15, -0.1) is 0 Å². The first-order valence-corrected chi connectivity index (χ1v) is 10.5. The lowest BCUT2D eigenvalue weighted by atomic mass is 9.85. The highest BCUT2D eigenvalue weighted by molar-refractivity contribution is 9.09. The van der Waals surface area contributed by atoms with Gasteiger partial charge in [0, 0.05) is 17.6 Å². The molecule has 0 saturated heterocycles. The van der Waals surface area contributed by atoms with Gasteiger partial charge in [-0.2, -0.15) is 0 Å². The molecule has 1 N–H and O–H groups in total. The molecule has 6 heteroatoms. The Morgan fingerprint density at radius 1 is 0.900 bits per heavy atom. The minimum Gasteiger partial charge on any atom is -0.465 e. The molecular weight excluding hydrogens is 446 g/mol. The first-order valence-electron chi connectivity index (χ1n) is 9.42. The molecule has 0 heterocycles. The SMILES string of the molecule is COC(=O)c1ccc(N(CCBr)C(=O)C(O)(c2ccccc2)c2ccccc2)cc1. The summed E-state index contributed by atoms with van der Waals surface area (Å²) in [6.45, 7) is 0.332. The molecule has 0 aliphatic rings. The Bertz CT molecular complexity index is 951. The van der Waals surface area contributed by atoms with Crippen molar-refractivity contribution in [3.05, 3.63) is 102 Å². The fourth-order valence-corrected chi connectivity index (χ4v) is 3.65. The summed E-state index contributed by atoms with van der Waals surface area (Å²) in [7, 11) is 1.32. The maximum Gasteiger partial charge on any atom is 0.337 e. The van der Waals surface area contributed by atoms with Crippen molar-refractivity contribution >= 4 is 33.5 Å². The van der Waals surface area contributed by atoms with Gasteiger partial charge in [-0.25, -0.2) is 4.79 Å². The molecule has 1 amide bonds. The smallest absolute Gasteiger partial charge is 0.337 e. The van der Waals surface area contributed by atoms with Gasteiger partial charge in [-0.1, -0.05) is 76.6 Å². The van der Waals surface area contributed by atoms with Crippen molar-refractivity contribution in [3.8, 4) is 0 Å². The number of esters is 1. The number of methoxy groups -OCH3 is 1. The minimum absolute atomic E-state index is 0.332. The van der Waals surface area contributed by atoms with Gasteiger partial charge < -0.3 is 14.7 Å². The highest BCUT2D eigenvalue weighted by Crippen LogP contribution is 2.33. The van der Waals surface area contributed by atoms with Gasteiger partial charge >= 0.3 is 5.97 Å². The Hall–Kier alpha value is -2.96. The molecule has 0 aliphatic heterocycles.